The van der Waals surface area contributed by atoms with Crippen molar-refractivity contribution in [2.24, 2.45) is 0 Å². The highest BCUT2D eigenvalue weighted by Crippen LogP contribution is 2.28. The molecule has 100 valence electrons. The minimum absolute atomic E-state index is 0.466. The standard InChI is InChI=1S/C12H21N5O/c1-2-3-4-12(18,11-15-9-14-10-16-11)17-7-5-13-6-8-17/h9-10,13,18H,2-8H2,1H3. The Morgan fingerprint density at radius 3 is 2.61 bits per heavy atom. The quantitative estimate of drug-likeness (QED) is 0.774. The van der Waals surface area contributed by atoms with Crippen LogP contribution >= 0.6 is 0 Å². The lowest BCUT2D eigenvalue weighted by atomic mass is 10.0. The molecule has 6 nitrogen and oxygen atoms in total. The molecule has 0 aliphatic carbocycles. The Bertz CT molecular complexity index is 355. The molecule has 0 radical (unpaired) electrons. The summed E-state index contributed by atoms with van der Waals surface area (Å²) in [5.74, 6) is 0.466. The number of aliphatic hydroxyl groups is 1. The molecule has 6 heteroatoms. The van der Waals surface area contributed by atoms with Crippen molar-refractivity contribution in [1.82, 2.24) is 25.2 Å². The van der Waals surface area contributed by atoms with E-state index >= 15 is 0 Å². The Morgan fingerprint density at radius 2 is 2.00 bits per heavy atom. The highest BCUT2D eigenvalue weighted by molar-refractivity contribution is 5.00. The van der Waals surface area contributed by atoms with Crippen LogP contribution in [0.5, 0.6) is 0 Å². The van der Waals surface area contributed by atoms with E-state index in [2.05, 4.69) is 32.1 Å². The van der Waals surface area contributed by atoms with Crippen LogP contribution in [0.4, 0.5) is 0 Å². The van der Waals surface area contributed by atoms with E-state index in [1.54, 1.807) is 0 Å². The summed E-state index contributed by atoms with van der Waals surface area (Å²) >= 11 is 0. The fourth-order valence-electron chi connectivity index (χ4n) is 2.32. The van der Waals surface area contributed by atoms with Crippen LogP contribution in [0.2, 0.25) is 0 Å². The van der Waals surface area contributed by atoms with Crippen LogP contribution in [0.15, 0.2) is 12.7 Å². The van der Waals surface area contributed by atoms with Crippen LogP contribution in [-0.4, -0.2) is 51.1 Å². The average Bonchev–Trinajstić information content (AvgIpc) is 2.46. The molecular formula is C12H21N5O. The Hall–Kier alpha value is -1.11. The van der Waals surface area contributed by atoms with E-state index in [0.717, 1.165) is 39.0 Å². The molecule has 1 aromatic heterocycles. The third-order valence-corrected chi connectivity index (χ3v) is 3.37. The van der Waals surface area contributed by atoms with E-state index in [-0.39, 0.29) is 0 Å². The largest absolute Gasteiger partial charge is 0.368 e. The summed E-state index contributed by atoms with van der Waals surface area (Å²) < 4.78 is 0. The van der Waals surface area contributed by atoms with Crippen LogP contribution in [0.3, 0.4) is 0 Å². The van der Waals surface area contributed by atoms with Crippen molar-refractivity contribution in [3.05, 3.63) is 18.5 Å². The minimum atomic E-state index is -1.05. The van der Waals surface area contributed by atoms with Gasteiger partial charge in [-0.15, -0.1) is 0 Å². The Kier molecular flexibility index (Phi) is 4.57. The lowest BCUT2D eigenvalue weighted by Gasteiger charge is -2.40. The molecule has 2 heterocycles. The second-order valence-electron chi connectivity index (χ2n) is 4.62. The predicted molar refractivity (Wildman–Crippen MR) is 67.7 cm³/mol. The Labute approximate surface area is 107 Å². The van der Waals surface area contributed by atoms with Gasteiger partial charge >= 0.3 is 0 Å². The van der Waals surface area contributed by atoms with E-state index in [0.29, 0.717) is 12.2 Å². The van der Waals surface area contributed by atoms with Gasteiger partial charge in [0.25, 0.3) is 0 Å². The molecule has 0 amide bonds. The van der Waals surface area contributed by atoms with Gasteiger partial charge in [-0.3, -0.25) is 4.90 Å². The molecule has 1 aliphatic rings. The first-order valence-corrected chi connectivity index (χ1v) is 6.58. The third-order valence-electron chi connectivity index (χ3n) is 3.37. The molecule has 18 heavy (non-hydrogen) atoms. The first-order chi connectivity index (χ1) is 8.77. The zero-order chi connectivity index (χ0) is 12.8. The average molecular weight is 251 g/mol. The lowest BCUT2D eigenvalue weighted by molar-refractivity contribution is -0.134. The molecular weight excluding hydrogens is 230 g/mol. The summed E-state index contributed by atoms with van der Waals surface area (Å²) in [4.78, 5) is 14.2. The zero-order valence-corrected chi connectivity index (χ0v) is 10.8. The van der Waals surface area contributed by atoms with E-state index in [1.165, 1.54) is 12.7 Å². The number of nitrogens with one attached hydrogen (secondary N) is 1. The summed E-state index contributed by atoms with van der Waals surface area (Å²) in [6, 6.07) is 0. The fourth-order valence-corrected chi connectivity index (χ4v) is 2.32. The van der Waals surface area contributed by atoms with Gasteiger partial charge in [-0.05, 0) is 12.8 Å². The van der Waals surface area contributed by atoms with Gasteiger partial charge in [-0.25, -0.2) is 15.0 Å². The summed E-state index contributed by atoms with van der Waals surface area (Å²) in [6.45, 7) is 5.52. The SMILES string of the molecule is CCCCC(O)(c1ncncn1)N1CCNCC1. The summed E-state index contributed by atoms with van der Waals surface area (Å²) in [5, 5.41) is 14.3. The Balaban J connectivity index is 2.21. The van der Waals surface area contributed by atoms with Gasteiger partial charge in [0.15, 0.2) is 11.5 Å². The molecule has 0 bridgehead atoms. The molecule has 1 saturated heterocycles. The number of rotatable bonds is 5. The molecule has 1 fully saturated rings. The van der Waals surface area contributed by atoms with Crippen LogP contribution in [0.1, 0.15) is 32.0 Å². The monoisotopic (exact) mass is 251 g/mol. The van der Waals surface area contributed by atoms with Gasteiger partial charge in [0, 0.05) is 26.2 Å². The molecule has 0 spiro atoms. The number of hydrogen-bond acceptors (Lipinski definition) is 6. The van der Waals surface area contributed by atoms with Gasteiger partial charge in [0.2, 0.25) is 0 Å². The minimum Gasteiger partial charge on any atom is -0.368 e. The van der Waals surface area contributed by atoms with E-state index in [4.69, 9.17) is 0 Å². The summed E-state index contributed by atoms with van der Waals surface area (Å²) in [6.07, 6.45) is 5.54. The number of piperazine rings is 1. The van der Waals surface area contributed by atoms with Gasteiger partial charge in [0.1, 0.15) is 12.7 Å². The molecule has 1 aliphatic heterocycles. The number of unbranched alkanes of at least 4 members (excludes halogenated alkanes) is 1. The molecule has 2 N–H and O–H groups in total. The van der Waals surface area contributed by atoms with Crippen molar-refractivity contribution in [1.29, 1.82) is 0 Å². The second-order valence-corrected chi connectivity index (χ2v) is 4.62. The molecule has 2 rings (SSSR count). The maximum atomic E-state index is 11.0. The summed E-state index contributed by atoms with van der Waals surface area (Å²) in [7, 11) is 0. The topological polar surface area (TPSA) is 74.2 Å². The Morgan fingerprint density at radius 1 is 1.33 bits per heavy atom. The molecule has 1 atom stereocenters. The first-order valence-electron chi connectivity index (χ1n) is 6.58. The first kappa shape index (κ1) is 13.3. The van der Waals surface area contributed by atoms with Gasteiger partial charge in [-0.2, -0.15) is 0 Å². The van der Waals surface area contributed by atoms with Gasteiger partial charge < -0.3 is 10.4 Å². The maximum Gasteiger partial charge on any atom is 0.179 e. The normalized spacial score (nSPS) is 20.6. The van der Waals surface area contributed by atoms with Crippen molar-refractivity contribution >= 4 is 0 Å². The molecule has 0 saturated carbocycles. The third kappa shape index (κ3) is 2.82. The molecule has 1 unspecified atom stereocenters. The van der Waals surface area contributed by atoms with Gasteiger partial charge in [0.05, 0.1) is 0 Å². The van der Waals surface area contributed by atoms with Crippen LogP contribution in [0.25, 0.3) is 0 Å². The van der Waals surface area contributed by atoms with Crippen LogP contribution in [0, 0.1) is 0 Å². The van der Waals surface area contributed by atoms with E-state index in [1.807, 2.05) is 0 Å². The van der Waals surface area contributed by atoms with Crippen molar-refractivity contribution in [2.45, 2.75) is 31.9 Å². The number of nitrogens with zero attached hydrogens (tertiary/aromatic N) is 4. The van der Waals surface area contributed by atoms with Gasteiger partial charge in [-0.1, -0.05) is 13.3 Å². The number of aromatic nitrogens is 3. The van der Waals surface area contributed by atoms with Crippen LogP contribution < -0.4 is 5.32 Å². The smallest absolute Gasteiger partial charge is 0.179 e. The maximum absolute atomic E-state index is 11.0. The highest BCUT2D eigenvalue weighted by atomic mass is 16.3. The van der Waals surface area contributed by atoms with E-state index < -0.39 is 5.72 Å². The van der Waals surface area contributed by atoms with Crippen molar-refractivity contribution in [3.8, 4) is 0 Å². The molecule has 0 aromatic carbocycles. The highest BCUT2D eigenvalue weighted by Gasteiger charge is 2.38. The second kappa shape index (κ2) is 6.17. The van der Waals surface area contributed by atoms with Crippen molar-refractivity contribution < 1.29 is 5.11 Å². The lowest BCUT2D eigenvalue weighted by Crippen LogP contribution is -2.55. The predicted octanol–water partition coefficient (Wildman–Crippen LogP) is 0.112. The van der Waals surface area contributed by atoms with Crippen molar-refractivity contribution in [2.75, 3.05) is 26.2 Å². The van der Waals surface area contributed by atoms with Crippen molar-refractivity contribution in [3.63, 3.8) is 0 Å². The fraction of sp³-hybridized carbons (Fsp3) is 0.750. The number of hydrogen-bond donors (Lipinski definition) is 2. The zero-order valence-electron chi connectivity index (χ0n) is 10.8. The van der Waals surface area contributed by atoms with Crippen LogP contribution in [-0.2, 0) is 5.72 Å². The van der Waals surface area contributed by atoms with E-state index in [9.17, 15) is 5.11 Å². The molecule has 1 aromatic rings. The summed E-state index contributed by atoms with van der Waals surface area (Å²) in [5.41, 5.74) is -1.05.